The molecule has 0 aromatic rings. The van der Waals surface area contributed by atoms with Gasteiger partial charge in [0.25, 0.3) is 0 Å². The summed E-state index contributed by atoms with van der Waals surface area (Å²) in [7, 11) is 0. The van der Waals surface area contributed by atoms with Crippen molar-refractivity contribution < 1.29 is 4.79 Å². The van der Waals surface area contributed by atoms with Crippen LogP contribution in [0.3, 0.4) is 0 Å². The predicted molar refractivity (Wildman–Crippen MR) is 76.7 cm³/mol. The lowest BCUT2D eigenvalue weighted by molar-refractivity contribution is -0.133. The van der Waals surface area contributed by atoms with Crippen molar-refractivity contribution in [1.29, 1.82) is 0 Å². The van der Waals surface area contributed by atoms with Gasteiger partial charge in [0.2, 0.25) is 0 Å². The fourth-order valence-electron chi connectivity index (χ4n) is 6.74. The number of carbonyl (C=O) groups is 1. The van der Waals surface area contributed by atoms with Gasteiger partial charge in [-0.1, -0.05) is 25.7 Å². The van der Waals surface area contributed by atoms with E-state index < -0.39 is 0 Å². The minimum atomic E-state index is 0.116. The Morgan fingerprint density at radius 1 is 0.737 bits per heavy atom. The van der Waals surface area contributed by atoms with Crippen molar-refractivity contribution in [2.75, 3.05) is 0 Å². The largest absolute Gasteiger partial charge is 0.303 e. The topological polar surface area (TPSA) is 17.1 Å². The van der Waals surface area contributed by atoms with Crippen LogP contribution in [0.2, 0.25) is 0 Å². The monoisotopic (exact) mass is 260 g/mol. The van der Waals surface area contributed by atoms with Gasteiger partial charge in [-0.05, 0) is 74.5 Å². The first-order chi connectivity index (χ1) is 9.34. The predicted octanol–water partition coefficient (Wildman–Crippen LogP) is 4.60. The van der Waals surface area contributed by atoms with Gasteiger partial charge >= 0.3 is 0 Å². The van der Waals surface area contributed by atoms with Crippen LogP contribution in [0.5, 0.6) is 0 Å². The molecule has 19 heavy (non-hydrogen) atoms. The molecular formula is C18H28O. The molecule has 0 spiro atoms. The summed E-state index contributed by atoms with van der Waals surface area (Å²) >= 11 is 0. The third-order valence-corrected chi connectivity index (χ3v) is 7.53. The van der Waals surface area contributed by atoms with Crippen molar-refractivity contribution in [1.82, 2.24) is 0 Å². The van der Waals surface area contributed by atoms with Crippen molar-refractivity contribution >= 4 is 6.29 Å². The number of hydrogen-bond acceptors (Lipinski definition) is 1. The van der Waals surface area contributed by atoms with Crippen molar-refractivity contribution in [2.45, 2.75) is 70.6 Å². The van der Waals surface area contributed by atoms with E-state index in [1.54, 1.807) is 0 Å². The van der Waals surface area contributed by atoms with Gasteiger partial charge < -0.3 is 4.79 Å². The third-order valence-electron chi connectivity index (χ3n) is 7.53. The van der Waals surface area contributed by atoms with Crippen molar-refractivity contribution in [3.63, 3.8) is 0 Å². The lowest BCUT2D eigenvalue weighted by Gasteiger charge is -2.55. The molecule has 0 saturated heterocycles. The molecule has 0 N–H and O–H groups in total. The van der Waals surface area contributed by atoms with Crippen molar-refractivity contribution in [3.05, 3.63) is 0 Å². The maximum absolute atomic E-state index is 11.8. The highest BCUT2D eigenvalue weighted by Gasteiger charge is 2.54. The highest BCUT2D eigenvalue weighted by atomic mass is 16.1. The Balaban J connectivity index is 1.62. The minimum Gasteiger partial charge on any atom is -0.303 e. The zero-order chi connectivity index (χ0) is 12.9. The van der Waals surface area contributed by atoms with Crippen LogP contribution in [0.4, 0.5) is 0 Å². The standard InChI is InChI=1S/C18H28O/c19-12-18-10-2-1-6-17(18)16-8-7-13-4-3-5-14(13)15(16)9-11-18/h12-17H,1-11H2/t13-,14+,15-,16+,17-,18?/m0/s1. The lowest BCUT2D eigenvalue weighted by Crippen LogP contribution is -2.50. The summed E-state index contributed by atoms with van der Waals surface area (Å²) in [5.74, 6) is 4.79. The average molecular weight is 260 g/mol. The molecule has 0 radical (unpaired) electrons. The highest BCUT2D eigenvalue weighted by molar-refractivity contribution is 5.60. The minimum absolute atomic E-state index is 0.116. The third kappa shape index (κ3) is 1.76. The number of carbonyl (C=O) groups excluding carboxylic acids is 1. The molecule has 0 bridgehead atoms. The maximum atomic E-state index is 11.8. The van der Waals surface area contributed by atoms with Crippen LogP contribution in [0.1, 0.15) is 70.6 Å². The van der Waals surface area contributed by atoms with E-state index in [-0.39, 0.29) is 5.41 Å². The van der Waals surface area contributed by atoms with Crippen LogP contribution in [0, 0.1) is 35.0 Å². The summed E-state index contributed by atoms with van der Waals surface area (Å²) in [5, 5.41) is 0. The van der Waals surface area contributed by atoms with Crippen LogP contribution >= 0.6 is 0 Å². The van der Waals surface area contributed by atoms with Crippen LogP contribution in [-0.2, 0) is 4.79 Å². The molecule has 4 aliphatic rings. The zero-order valence-electron chi connectivity index (χ0n) is 12.2. The first kappa shape index (κ1) is 12.4. The van der Waals surface area contributed by atoms with E-state index in [0.717, 1.165) is 29.6 Å². The van der Waals surface area contributed by atoms with Gasteiger partial charge in [0.05, 0.1) is 0 Å². The van der Waals surface area contributed by atoms with E-state index in [0.29, 0.717) is 0 Å². The summed E-state index contributed by atoms with van der Waals surface area (Å²) in [4.78, 5) is 11.8. The molecule has 0 aromatic carbocycles. The van der Waals surface area contributed by atoms with E-state index in [1.807, 2.05) is 0 Å². The van der Waals surface area contributed by atoms with Gasteiger partial charge in [0.15, 0.2) is 0 Å². The first-order valence-corrected chi connectivity index (χ1v) is 8.80. The summed E-state index contributed by atoms with van der Waals surface area (Å²) < 4.78 is 0. The maximum Gasteiger partial charge on any atom is 0.126 e. The first-order valence-electron chi connectivity index (χ1n) is 8.80. The van der Waals surface area contributed by atoms with Gasteiger partial charge in [-0.15, -0.1) is 0 Å². The van der Waals surface area contributed by atoms with Gasteiger partial charge in [-0.2, -0.15) is 0 Å². The molecule has 4 fully saturated rings. The molecule has 0 amide bonds. The molecule has 1 unspecified atom stereocenters. The number of rotatable bonds is 1. The summed E-state index contributed by atoms with van der Waals surface area (Å²) in [6.07, 6.45) is 16.7. The zero-order valence-corrected chi connectivity index (χ0v) is 12.2. The molecule has 0 aliphatic heterocycles. The quantitative estimate of drug-likeness (QED) is 0.630. The smallest absolute Gasteiger partial charge is 0.126 e. The highest BCUT2D eigenvalue weighted by Crippen LogP contribution is 2.61. The number of hydrogen-bond donors (Lipinski definition) is 0. The van der Waals surface area contributed by atoms with E-state index in [4.69, 9.17) is 0 Å². The van der Waals surface area contributed by atoms with Crippen LogP contribution in [-0.4, -0.2) is 6.29 Å². The Labute approximate surface area is 117 Å². The fourth-order valence-corrected chi connectivity index (χ4v) is 6.74. The molecular weight excluding hydrogens is 232 g/mol. The second-order valence-electron chi connectivity index (χ2n) is 8.00. The summed E-state index contributed by atoms with van der Waals surface area (Å²) in [6, 6.07) is 0. The SMILES string of the molecule is O=CC12CCCC[C@H]1[C@@H]1CC[C@@H]3CCC[C@H]3[C@@H]1CC2. The Morgan fingerprint density at radius 3 is 2.58 bits per heavy atom. The normalized spacial score (nSPS) is 52.9. The second-order valence-corrected chi connectivity index (χ2v) is 8.00. The Morgan fingerprint density at radius 2 is 1.68 bits per heavy atom. The molecule has 4 rings (SSSR count). The number of aldehydes is 1. The van der Waals surface area contributed by atoms with Crippen LogP contribution in [0.25, 0.3) is 0 Å². The van der Waals surface area contributed by atoms with Gasteiger partial charge in [-0.25, -0.2) is 0 Å². The Bertz CT molecular complexity index is 363. The molecule has 0 aromatic heterocycles. The van der Waals surface area contributed by atoms with Crippen LogP contribution in [0.15, 0.2) is 0 Å². The second kappa shape index (κ2) is 4.60. The number of fused-ring (bicyclic) bond motifs is 5. The molecule has 6 atom stereocenters. The lowest BCUT2D eigenvalue weighted by atomic mass is 9.49. The Kier molecular flexibility index (Phi) is 3.01. The van der Waals surface area contributed by atoms with Crippen molar-refractivity contribution in [3.8, 4) is 0 Å². The molecule has 106 valence electrons. The summed E-state index contributed by atoms with van der Waals surface area (Å²) in [6.45, 7) is 0. The molecule has 1 heteroatoms. The van der Waals surface area contributed by atoms with Gasteiger partial charge in [-0.3, -0.25) is 0 Å². The molecule has 1 nitrogen and oxygen atoms in total. The van der Waals surface area contributed by atoms with Crippen molar-refractivity contribution in [2.24, 2.45) is 35.0 Å². The van der Waals surface area contributed by atoms with E-state index >= 15 is 0 Å². The summed E-state index contributed by atoms with van der Waals surface area (Å²) in [5.41, 5.74) is 0.116. The Hall–Kier alpha value is -0.330. The fraction of sp³-hybridized carbons (Fsp3) is 0.944. The van der Waals surface area contributed by atoms with E-state index in [1.165, 1.54) is 76.9 Å². The van der Waals surface area contributed by atoms with E-state index in [2.05, 4.69) is 0 Å². The molecule has 0 heterocycles. The van der Waals surface area contributed by atoms with Gasteiger partial charge in [0.1, 0.15) is 6.29 Å². The van der Waals surface area contributed by atoms with Crippen LogP contribution < -0.4 is 0 Å². The van der Waals surface area contributed by atoms with E-state index in [9.17, 15) is 4.79 Å². The molecule has 4 saturated carbocycles. The van der Waals surface area contributed by atoms with Gasteiger partial charge in [0, 0.05) is 5.41 Å². The molecule has 4 aliphatic carbocycles. The average Bonchev–Trinajstić information content (AvgIpc) is 2.95.